The fourth-order valence-corrected chi connectivity index (χ4v) is 1.55. The van der Waals surface area contributed by atoms with Gasteiger partial charge in [0.15, 0.2) is 11.6 Å². The first-order valence-electron chi connectivity index (χ1n) is 5.00. The SMILES string of the molecule is Cc1ccc(-c2cc(F)c(F)cc2F)cc1N. The van der Waals surface area contributed by atoms with Crippen LogP contribution < -0.4 is 5.73 Å². The molecule has 0 spiro atoms. The highest BCUT2D eigenvalue weighted by Crippen LogP contribution is 2.27. The number of hydrogen-bond acceptors (Lipinski definition) is 1. The van der Waals surface area contributed by atoms with Crippen molar-refractivity contribution in [3.63, 3.8) is 0 Å². The van der Waals surface area contributed by atoms with Crippen molar-refractivity contribution in [2.75, 3.05) is 5.73 Å². The van der Waals surface area contributed by atoms with E-state index in [0.29, 0.717) is 17.3 Å². The molecule has 2 rings (SSSR count). The van der Waals surface area contributed by atoms with Crippen LogP contribution in [0.1, 0.15) is 5.56 Å². The zero-order valence-corrected chi connectivity index (χ0v) is 9.10. The van der Waals surface area contributed by atoms with E-state index in [1.165, 1.54) is 6.07 Å². The first-order valence-corrected chi connectivity index (χ1v) is 5.00. The van der Waals surface area contributed by atoms with Crippen molar-refractivity contribution in [3.8, 4) is 11.1 Å². The van der Waals surface area contributed by atoms with Gasteiger partial charge in [0, 0.05) is 17.3 Å². The van der Waals surface area contributed by atoms with Crippen LogP contribution >= 0.6 is 0 Å². The molecule has 0 radical (unpaired) electrons. The Morgan fingerprint density at radius 3 is 2.18 bits per heavy atom. The number of nitrogen functional groups attached to an aromatic ring is 1. The Bertz CT molecular complexity index is 579. The molecule has 0 bridgehead atoms. The average Bonchev–Trinajstić information content (AvgIpc) is 2.27. The van der Waals surface area contributed by atoms with Gasteiger partial charge in [-0.3, -0.25) is 0 Å². The normalized spacial score (nSPS) is 10.6. The molecule has 0 unspecified atom stereocenters. The third-order valence-electron chi connectivity index (χ3n) is 2.60. The standard InChI is InChI=1S/C13H10F3N/c1-7-2-3-8(4-13(7)17)9-5-11(15)12(16)6-10(9)14/h2-6H,17H2,1H3. The molecule has 1 nitrogen and oxygen atoms in total. The number of benzene rings is 2. The minimum Gasteiger partial charge on any atom is -0.398 e. The fourth-order valence-electron chi connectivity index (χ4n) is 1.55. The second kappa shape index (κ2) is 4.13. The molecule has 0 heterocycles. The zero-order chi connectivity index (χ0) is 12.6. The second-order valence-corrected chi connectivity index (χ2v) is 3.82. The smallest absolute Gasteiger partial charge is 0.161 e. The molecule has 88 valence electrons. The number of nitrogens with two attached hydrogens (primary N) is 1. The van der Waals surface area contributed by atoms with Gasteiger partial charge in [0.2, 0.25) is 0 Å². The van der Waals surface area contributed by atoms with Crippen LogP contribution in [0.5, 0.6) is 0 Å². The maximum atomic E-state index is 13.5. The van der Waals surface area contributed by atoms with Gasteiger partial charge in [-0.1, -0.05) is 12.1 Å². The Labute approximate surface area is 96.7 Å². The quantitative estimate of drug-likeness (QED) is 0.594. The van der Waals surface area contributed by atoms with E-state index in [4.69, 9.17) is 5.73 Å². The van der Waals surface area contributed by atoms with E-state index in [1.54, 1.807) is 19.1 Å². The zero-order valence-electron chi connectivity index (χ0n) is 9.10. The summed E-state index contributed by atoms with van der Waals surface area (Å²) in [7, 11) is 0. The summed E-state index contributed by atoms with van der Waals surface area (Å²) in [6.45, 7) is 1.81. The lowest BCUT2D eigenvalue weighted by Crippen LogP contribution is -1.94. The summed E-state index contributed by atoms with van der Waals surface area (Å²) in [5.74, 6) is -3.10. The van der Waals surface area contributed by atoms with Crippen molar-refractivity contribution < 1.29 is 13.2 Å². The van der Waals surface area contributed by atoms with Crippen molar-refractivity contribution >= 4 is 5.69 Å². The van der Waals surface area contributed by atoms with Crippen LogP contribution in [0, 0.1) is 24.4 Å². The summed E-state index contributed by atoms with van der Waals surface area (Å²) in [6.07, 6.45) is 0. The Morgan fingerprint density at radius 2 is 1.53 bits per heavy atom. The van der Waals surface area contributed by atoms with Crippen molar-refractivity contribution in [1.29, 1.82) is 0 Å². The third-order valence-corrected chi connectivity index (χ3v) is 2.60. The monoisotopic (exact) mass is 237 g/mol. The highest BCUT2D eigenvalue weighted by Gasteiger charge is 2.11. The predicted octanol–water partition coefficient (Wildman–Crippen LogP) is 3.66. The predicted molar refractivity (Wildman–Crippen MR) is 60.9 cm³/mol. The molecule has 0 amide bonds. The van der Waals surface area contributed by atoms with Crippen LogP contribution in [-0.2, 0) is 0 Å². The van der Waals surface area contributed by atoms with Crippen molar-refractivity contribution in [1.82, 2.24) is 0 Å². The lowest BCUT2D eigenvalue weighted by Gasteiger charge is -2.07. The second-order valence-electron chi connectivity index (χ2n) is 3.82. The maximum absolute atomic E-state index is 13.5. The Morgan fingerprint density at radius 1 is 0.882 bits per heavy atom. The summed E-state index contributed by atoms with van der Waals surface area (Å²) >= 11 is 0. The molecule has 0 aliphatic rings. The number of anilines is 1. The summed E-state index contributed by atoms with van der Waals surface area (Å²) < 4.78 is 39.3. The summed E-state index contributed by atoms with van der Waals surface area (Å²) in [6, 6.07) is 6.20. The molecule has 0 aromatic heterocycles. The largest absolute Gasteiger partial charge is 0.398 e. The highest BCUT2D eigenvalue weighted by atomic mass is 19.2. The molecule has 0 aliphatic carbocycles. The third kappa shape index (κ3) is 2.11. The van der Waals surface area contributed by atoms with E-state index >= 15 is 0 Å². The van der Waals surface area contributed by atoms with Gasteiger partial charge in [0.1, 0.15) is 5.82 Å². The summed E-state index contributed by atoms with van der Waals surface area (Å²) in [5.41, 5.74) is 7.43. The van der Waals surface area contributed by atoms with Crippen molar-refractivity contribution in [2.45, 2.75) is 6.92 Å². The molecular formula is C13H10F3N. The van der Waals surface area contributed by atoms with Gasteiger partial charge in [-0.25, -0.2) is 13.2 Å². The summed E-state index contributed by atoms with van der Waals surface area (Å²) in [4.78, 5) is 0. The minimum absolute atomic E-state index is 0.00407. The molecule has 4 heteroatoms. The molecule has 0 aliphatic heterocycles. The van der Waals surface area contributed by atoms with Crippen LogP contribution in [-0.4, -0.2) is 0 Å². The number of aryl methyl sites for hydroxylation is 1. The molecule has 0 atom stereocenters. The minimum atomic E-state index is -1.20. The van der Waals surface area contributed by atoms with Crippen molar-refractivity contribution in [3.05, 3.63) is 53.3 Å². The van der Waals surface area contributed by atoms with E-state index < -0.39 is 17.5 Å². The van der Waals surface area contributed by atoms with Gasteiger partial charge in [-0.05, 0) is 30.2 Å². The van der Waals surface area contributed by atoms with E-state index in [0.717, 1.165) is 11.6 Å². The Balaban J connectivity index is 2.60. The van der Waals surface area contributed by atoms with E-state index in [-0.39, 0.29) is 5.56 Å². The lowest BCUT2D eigenvalue weighted by atomic mass is 10.0. The summed E-state index contributed by atoms with van der Waals surface area (Å²) in [5, 5.41) is 0. The first kappa shape index (κ1) is 11.5. The fraction of sp³-hybridized carbons (Fsp3) is 0.0769. The van der Waals surface area contributed by atoms with Gasteiger partial charge in [-0.15, -0.1) is 0 Å². The van der Waals surface area contributed by atoms with Crippen LogP contribution in [0.2, 0.25) is 0 Å². The first-order chi connectivity index (χ1) is 7.99. The molecule has 0 fully saturated rings. The molecule has 2 N–H and O–H groups in total. The van der Waals surface area contributed by atoms with E-state index in [1.807, 2.05) is 0 Å². The highest BCUT2D eigenvalue weighted by molar-refractivity contribution is 5.69. The van der Waals surface area contributed by atoms with Crippen LogP contribution in [0.4, 0.5) is 18.9 Å². The molecule has 0 saturated heterocycles. The van der Waals surface area contributed by atoms with Crippen LogP contribution in [0.25, 0.3) is 11.1 Å². The van der Waals surface area contributed by atoms with Gasteiger partial charge in [0.05, 0.1) is 0 Å². The average molecular weight is 237 g/mol. The van der Waals surface area contributed by atoms with E-state index in [2.05, 4.69) is 0 Å². The van der Waals surface area contributed by atoms with Crippen molar-refractivity contribution in [2.24, 2.45) is 0 Å². The van der Waals surface area contributed by atoms with Gasteiger partial charge >= 0.3 is 0 Å². The van der Waals surface area contributed by atoms with Crippen LogP contribution in [0.15, 0.2) is 30.3 Å². The maximum Gasteiger partial charge on any atom is 0.161 e. The number of halogens is 3. The van der Waals surface area contributed by atoms with E-state index in [9.17, 15) is 13.2 Å². The van der Waals surface area contributed by atoms with Gasteiger partial charge in [-0.2, -0.15) is 0 Å². The number of rotatable bonds is 1. The van der Waals surface area contributed by atoms with Gasteiger partial charge in [0.25, 0.3) is 0 Å². The molecule has 2 aromatic carbocycles. The molecule has 2 aromatic rings. The molecular weight excluding hydrogens is 227 g/mol. The lowest BCUT2D eigenvalue weighted by molar-refractivity contribution is 0.496. The Hall–Kier alpha value is -1.97. The topological polar surface area (TPSA) is 26.0 Å². The van der Waals surface area contributed by atoms with Gasteiger partial charge < -0.3 is 5.73 Å². The van der Waals surface area contributed by atoms with Crippen LogP contribution in [0.3, 0.4) is 0 Å². The Kier molecular flexibility index (Phi) is 2.79. The molecule has 17 heavy (non-hydrogen) atoms. The number of hydrogen-bond donors (Lipinski definition) is 1. The molecule has 0 saturated carbocycles.